The third kappa shape index (κ3) is 10.8. The summed E-state index contributed by atoms with van der Waals surface area (Å²) < 4.78 is 18.7. The third-order valence-electron chi connectivity index (χ3n) is 7.84. The van der Waals surface area contributed by atoms with Gasteiger partial charge < -0.3 is 41.3 Å². The van der Waals surface area contributed by atoms with Crippen molar-refractivity contribution in [2.45, 2.75) is 92.6 Å². The Labute approximate surface area is 283 Å². The molecule has 11 heteroatoms. The second-order valence-corrected chi connectivity index (χ2v) is 12.5. The Bertz CT molecular complexity index is 1720. The first-order chi connectivity index (χ1) is 22.9. The van der Waals surface area contributed by atoms with Crippen LogP contribution in [0.15, 0.2) is 54.6 Å². The van der Waals surface area contributed by atoms with Crippen molar-refractivity contribution in [2.75, 3.05) is 26.3 Å². The van der Waals surface area contributed by atoms with Gasteiger partial charge in [0.15, 0.2) is 5.96 Å². The molecule has 1 heterocycles. The quantitative estimate of drug-likeness (QED) is 0.0341. The van der Waals surface area contributed by atoms with E-state index in [2.05, 4.69) is 9.98 Å². The number of aliphatic imine (C=N–C) groups is 2. The molecular weight excluding hydrogens is 610 g/mol. The second-order valence-electron chi connectivity index (χ2n) is 12.5. The van der Waals surface area contributed by atoms with Crippen molar-refractivity contribution in [2.24, 2.45) is 27.2 Å². The molecule has 3 rings (SSSR count). The molecule has 0 unspecified atom stereocenters. The van der Waals surface area contributed by atoms with Crippen molar-refractivity contribution in [1.29, 1.82) is 0 Å². The van der Waals surface area contributed by atoms with Gasteiger partial charge in [0.2, 0.25) is 5.43 Å². The molecular formula is C37H53N5O6. The van der Waals surface area contributed by atoms with E-state index in [0.29, 0.717) is 84.1 Å². The number of rotatable bonds is 19. The minimum Gasteiger partial charge on any atom is -0.507 e. The first-order valence-corrected chi connectivity index (χ1v) is 16.7. The van der Waals surface area contributed by atoms with E-state index in [1.54, 1.807) is 19.1 Å². The van der Waals surface area contributed by atoms with Gasteiger partial charge in [0.25, 0.3) is 0 Å². The van der Waals surface area contributed by atoms with Gasteiger partial charge in [-0.3, -0.25) is 14.8 Å². The molecule has 11 nitrogen and oxygen atoms in total. The zero-order valence-corrected chi connectivity index (χ0v) is 29.2. The van der Waals surface area contributed by atoms with Gasteiger partial charge >= 0.3 is 0 Å². The number of hydrogen-bond acceptors (Lipinski definition) is 8. The third-order valence-corrected chi connectivity index (χ3v) is 7.84. The zero-order chi connectivity index (χ0) is 35.2. The fourth-order valence-electron chi connectivity index (χ4n) is 5.34. The maximum atomic E-state index is 14.3. The molecule has 0 atom stereocenters. The molecule has 8 N–H and O–H groups in total. The molecule has 2 aromatic carbocycles. The van der Waals surface area contributed by atoms with Crippen LogP contribution >= 0.6 is 0 Å². The van der Waals surface area contributed by atoms with Crippen LogP contribution in [-0.4, -0.2) is 48.3 Å². The van der Waals surface area contributed by atoms with E-state index >= 15 is 0 Å². The SMILES string of the molecule is CC(C)=CCc1c(OCCCCCN=C(C)N)cc2oc3cc(OCCCCCN=C(N)N)c(CO)c(CC=C(C)C)c3c(=O)c2c1O. The van der Waals surface area contributed by atoms with E-state index < -0.39 is 0 Å². The molecule has 0 aliphatic carbocycles. The van der Waals surface area contributed by atoms with Gasteiger partial charge in [-0.15, -0.1) is 0 Å². The molecule has 0 bridgehead atoms. The average Bonchev–Trinajstić information content (AvgIpc) is 3.01. The normalized spacial score (nSPS) is 11.5. The zero-order valence-electron chi connectivity index (χ0n) is 29.2. The van der Waals surface area contributed by atoms with E-state index in [1.165, 1.54) is 0 Å². The number of aliphatic hydroxyl groups excluding tert-OH is 1. The smallest absolute Gasteiger partial charge is 0.204 e. The molecule has 48 heavy (non-hydrogen) atoms. The van der Waals surface area contributed by atoms with Crippen LogP contribution in [0.3, 0.4) is 0 Å². The van der Waals surface area contributed by atoms with Gasteiger partial charge in [-0.25, -0.2) is 0 Å². The largest absolute Gasteiger partial charge is 0.507 e. The van der Waals surface area contributed by atoms with Crippen molar-refractivity contribution in [3.05, 3.63) is 62.3 Å². The number of benzene rings is 2. The lowest BCUT2D eigenvalue weighted by Crippen LogP contribution is -2.22. The van der Waals surface area contributed by atoms with Crippen LogP contribution in [0.25, 0.3) is 21.9 Å². The van der Waals surface area contributed by atoms with Crippen molar-refractivity contribution in [3.8, 4) is 17.2 Å². The maximum Gasteiger partial charge on any atom is 0.204 e. The lowest BCUT2D eigenvalue weighted by Gasteiger charge is -2.18. The van der Waals surface area contributed by atoms with Crippen LogP contribution in [-0.2, 0) is 19.4 Å². The Morgan fingerprint density at radius 3 is 1.79 bits per heavy atom. The molecule has 0 aliphatic rings. The Morgan fingerprint density at radius 2 is 1.27 bits per heavy atom. The number of fused-ring (bicyclic) bond motifs is 2. The van der Waals surface area contributed by atoms with Crippen LogP contribution in [0.4, 0.5) is 0 Å². The molecule has 262 valence electrons. The summed E-state index contributed by atoms with van der Waals surface area (Å²) in [5.74, 6) is 1.39. The lowest BCUT2D eigenvalue weighted by molar-refractivity contribution is 0.259. The Balaban J connectivity index is 2.08. The molecule has 0 amide bonds. The van der Waals surface area contributed by atoms with E-state index in [-0.39, 0.29) is 34.7 Å². The monoisotopic (exact) mass is 663 g/mol. The fraction of sp³-hybridized carbons (Fsp3) is 0.486. The molecule has 0 spiro atoms. The standard InChI is InChI=1S/C37H53N5O6/c1-23(2)12-14-26-28(22-43)30(47-19-11-7-9-17-42-37(39)40)21-31-33(26)36(45)34-32(48-31)20-29(27(35(34)44)15-13-24(3)4)46-18-10-6-8-16-41-25(5)38/h12-13,20-21,43-44H,6-11,14-19,22H2,1-5H3,(H2,38,41)(H4,39,40,42). The van der Waals surface area contributed by atoms with Crippen LogP contribution in [0, 0.1) is 0 Å². The maximum absolute atomic E-state index is 14.3. The second kappa shape index (κ2) is 18.7. The number of phenolic OH excluding ortho intramolecular Hbond substituents is 1. The van der Waals surface area contributed by atoms with Crippen molar-refractivity contribution in [3.63, 3.8) is 0 Å². The van der Waals surface area contributed by atoms with Gasteiger partial charge in [-0.05, 0) is 91.5 Å². The van der Waals surface area contributed by atoms with Gasteiger partial charge in [0, 0.05) is 36.3 Å². The number of allylic oxidation sites excluding steroid dienone is 4. The van der Waals surface area contributed by atoms with Gasteiger partial charge in [-0.2, -0.15) is 0 Å². The summed E-state index contributed by atoms with van der Waals surface area (Å²) in [6.07, 6.45) is 9.72. The molecule has 1 aromatic heterocycles. The first-order valence-electron chi connectivity index (χ1n) is 16.7. The number of nitrogens with two attached hydrogens (primary N) is 3. The predicted octanol–water partition coefficient (Wildman–Crippen LogP) is 5.91. The lowest BCUT2D eigenvalue weighted by atomic mass is 9.95. The minimum absolute atomic E-state index is 0.0729. The van der Waals surface area contributed by atoms with Crippen LogP contribution in [0.1, 0.15) is 89.8 Å². The van der Waals surface area contributed by atoms with E-state index in [0.717, 1.165) is 49.7 Å². The summed E-state index contributed by atoms with van der Waals surface area (Å²) in [6.45, 7) is 11.4. The average molecular weight is 664 g/mol. The summed E-state index contributed by atoms with van der Waals surface area (Å²) in [4.78, 5) is 22.5. The summed E-state index contributed by atoms with van der Waals surface area (Å²) in [6, 6.07) is 3.35. The number of unbranched alkanes of at least 4 members (excludes halogenated alkanes) is 4. The molecule has 0 aliphatic heterocycles. The van der Waals surface area contributed by atoms with Gasteiger partial charge in [-0.1, -0.05) is 23.3 Å². The molecule has 0 radical (unpaired) electrons. The van der Waals surface area contributed by atoms with Crippen LogP contribution < -0.4 is 32.1 Å². The van der Waals surface area contributed by atoms with Crippen LogP contribution in [0.5, 0.6) is 17.2 Å². The van der Waals surface area contributed by atoms with E-state index in [4.69, 9.17) is 31.1 Å². The van der Waals surface area contributed by atoms with Crippen molar-refractivity contribution in [1.82, 2.24) is 0 Å². The summed E-state index contributed by atoms with van der Waals surface area (Å²) in [7, 11) is 0. The number of amidine groups is 1. The number of ether oxygens (including phenoxy) is 2. The summed E-state index contributed by atoms with van der Waals surface area (Å²) in [5.41, 5.74) is 20.3. The highest BCUT2D eigenvalue weighted by Crippen LogP contribution is 2.39. The predicted molar refractivity (Wildman–Crippen MR) is 195 cm³/mol. The first kappa shape index (κ1) is 37.9. The highest BCUT2D eigenvalue weighted by molar-refractivity contribution is 5.97. The van der Waals surface area contributed by atoms with E-state index in [9.17, 15) is 15.0 Å². The number of nitrogens with zero attached hydrogens (tertiary/aromatic N) is 2. The Kier molecular flexibility index (Phi) is 14.8. The highest BCUT2D eigenvalue weighted by Gasteiger charge is 2.23. The molecule has 3 aromatic rings. The number of hydrogen-bond donors (Lipinski definition) is 5. The summed E-state index contributed by atoms with van der Waals surface area (Å²) >= 11 is 0. The number of aliphatic hydroxyl groups is 1. The van der Waals surface area contributed by atoms with Crippen molar-refractivity contribution < 1.29 is 24.1 Å². The highest BCUT2D eigenvalue weighted by atomic mass is 16.5. The Hall–Kier alpha value is -4.51. The minimum atomic E-state index is -0.373. The summed E-state index contributed by atoms with van der Waals surface area (Å²) in [5, 5.41) is 22.5. The fourth-order valence-corrected chi connectivity index (χ4v) is 5.34. The van der Waals surface area contributed by atoms with Gasteiger partial charge in [0.05, 0.1) is 31.0 Å². The van der Waals surface area contributed by atoms with Crippen molar-refractivity contribution >= 4 is 33.7 Å². The number of guanidine groups is 1. The number of phenols is 1. The molecule has 0 fully saturated rings. The topological polar surface area (TPSA) is 192 Å². The molecule has 0 saturated carbocycles. The van der Waals surface area contributed by atoms with Crippen LogP contribution in [0.2, 0.25) is 0 Å². The van der Waals surface area contributed by atoms with E-state index in [1.807, 2.05) is 39.8 Å². The van der Waals surface area contributed by atoms with Gasteiger partial charge in [0.1, 0.15) is 33.8 Å². The Morgan fingerprint density at radius 1 is 0.750 bits per heavy atom. The number of aromatic hydroxyl groups is 1. The molecule has 0 saturated heterocycles.